The van der Waals surface area contributed by atoms with Gasteiger partial charge >= 0.3 is 5.69 Å². The summed E-state index contributed by atoms with van der Waals surface area (Å²) in [4.78, 5) is 26.4. The molecule has 106 valence electrons. The van der Waals surface area contributed by atoms with Crippen molar-refractivity contribution in [2.24, 2.45) is 0 Å². The van der Waals surface area contributed by atoms with E-state index in [0.717, 1.165) is 10.0 Å². The zero-order valence-corrected chi connectivity index (χ0v) is 12.9. The number of nitrogens with zero attached hydrogens (tertiary/aromatic N) is 1. The highest BCUT2D eigenvalue weighted by molar-refractivity contribution is 9.10. The van der Waals surface area contributed by atoms with Crippen molar-refractivity contribution in [1.29, 1.82) is 0 Å². The number of H-pyrrole nitrogens is 1. The van der Waals surface area contributed by atoms with Crippen molar-refractivity contribution in [2.45, 2.75) is 26.4 Å². The molecule has 0 saturated carbocycles. The van der Waals surface area contributed by atoms with Crippen molar-refractivity contribution in [3.63, 3.8) is 0 Å². The summed E-state index contributed by atoms with van der Waals surface area (Å²) in [7, 11) is 0. The summed E-state index contributed by atoms with van der Waals surface area (Å²) in [5.41, 5.74) is 0.345. The lowest BCUT2D eigenvalue weighted by Crippen LogP contribution is -2.36. The number of halogens is 1. The summed E-state index contributed by atoms with van der Waals surface area (Å²) in [5, 5.41) is 3.05. The van der Waals surface area contributed by atoms with Gasteiger partial charge in [-0.25, -0.2) is 4.79 Å². The number of aromatic amines is 1. The summed E-state index contributed by atoms with van der Waals surface area (Å²) >= 11 is 3.40. The molecule has 0 unspecified atom stereocenters. The maximum atomic E-state index is 11.9. The zero-order chi connectivity index (χ0) is 14.7. The number of hydrogen-bond donors (Lipinski definition) is 2. The van der Waals surface area contributed by atoms with Crippen LogP contribution in [-0.2, 0) is 6.54 Å². The van der Waals surface area contributed by atoms with Crippen LogP contribution in [0.4, 0.5) is 5.82 Å². The molecule has 2 N–H and O–H groups in total. The van der Waals surface area contributed by atoms with Crippen molar-refractivity contribution < 1.29 is 0 Å². The minimum atomic E-state index is -0.399. The van der Waals surface area contributed by atoms with E-state index in [9.17, 15) is 9.59 Å². The van der Waals surface area contributed by atoms with E-state index >= 15 is 0 Å². The standard InChI is InChI=1S/C14H16BrN3O2/c1-9(2)18-13(19)7-12(17-14(18)20)16-8-10-4-3-5-11(15)6-10/h3-7,9,16H,8H2,1-2H3,(H,17,20). The first-order valence-electron chi connectivity index (χ1n) is 6.31. The van der Waals surface area contributed by atoms with Gasteiger partial charge in [0.05, 0.1) is 0 Å². The van der Waals surface area contributed by atoms with Crippen LogP contribution in [0.15, 0.2) is 44.4 Å². The van der Waals surface area contributed by atoms with Crippen molar-refractivity contribution in [3.8, 4) is 0 Å². The van der Waals surface area contributed by atoms with Crippen molar-refractivity contribution in [2.75, 3.05) is 5.32 Å². The van der Waals surface area contributed by atoms with E-state index in [0.29, 0.717) is 12.4 Å². The van der Waals surface area contributed by atoms with Gasteiger partial charge in [-0.15, -0.1) is 0 Å². The fourth-order valence-electron chi connectivity index (χ4n) is 1.93. The first kappa shape index (κ1) is 14.6. The van der Waals surface area contributed by atoms with Crippen LogP contribution in [0.3, 0.4) is 0 Å². The molecule has 5 nitrogen and oxygen atoms in total. The molecule has 0 amide bonds. The molecule has 0 fully saturated rings. The average Bonchev–Trinajstić information content (AvgIpc) is 2.35. The Hall–Kier alpha value is -1.82. The van der Waals surface area contributed by atoms with Gasteiger partial charge in [0, 0.05) is 23.1 Å². The molecule has 1 heterocycles. The molecule has 0 aliphatic heterocycles. The molecular weight excluding hydrogens is 322 g/mol. The smallest absolute Gasteiger partial charge is 0.330 e. The lowest BCUT2D eigenvalue weighted by Gasteiger charge is -2.10. The van der Waals surface area contributed by atoms with Gasteiger partial charge in [0.1, 0.15) is 5.82 Å². The van der Waals surface area contributed by atoms with E-state index in [2.05, 4.69) is 26.2 Å². The van der Waals surface area contributed by atoms with Crippen molar-refractivity contribution in [3.05, 3.63) is 61.2 Å². The average molecular weight is 338 g/mol. The molecule has 2 rings (SSSR count). The molecule has 0 saturated heterocycles. The summed E-state index contributed by atoms with van der Waals surface area (Å²) in [6, 6.07) is 9.05. The van der Waals surface area contributed by atoms with E-state index in [4.69, 9.17) is 0 Å². The Labute approximate surface area is 124 Å². The molecule has 6 heteroatoms. The molecule has 0 bridgehead atoms. The number of aromatic nitrogens is 2. The Kier molecular flexibility index (Phi) is 4.44. The second-order valence-corrected chi connectivity index (χ2v) is 5.69. The fourth-order valence-corrected chi connectivity index (χ4v) is 2.38. The van der Waals surface area contributed by atoms with Crippen molar-refractivity contribution >= 4 is 21.7 Å². The number of hydrogen-bond acceptors (Lipinski definition) is 3. The van der Waals surface area contributed by atoms with Gasteiger partial charge in [-0.05, 0) is 31.5 Å². The topological polar surface area (TPSA) is 66.9 Å². The molecule has 0 atom stereocenters. The molecule has 0 spiro atoms. The quantitative estimate of drug-likeness (QED) is 0.900. The minimum absolute atomic E-state index is 0.162. The second kappa shape index (κ2) is 6.09. The van der Waals surface area contributed by atoms with Gasteiger partial charge in [-0.1, -0.05) is 28.1 Å². The first-order chi connectivity index (χ1) is 9.47. The molecule has 2 aromatic rings. The van der Waals surface area contributed by atoms with Crippen LogP contribution in [0, 0.1) is 0 Å². The summed E-state index contributed by atoms with van der Waals surface area (Å²) < 4.78 is 2.17. The SMILES string of the molecule is CC(C)n1c(=O)cc(NCc2cccc(Br)c2)[nH]c1=O. The van der Waals surface area contributed by atoms with Crippen LogP contribution in [0.1, 0.15) is 25.5 Å². The van der Waals surface area contributed by atoms with Crippen LogP contribution in [0.2, 0.25) is 0 Å². The van der Waals surface area contributed by atoms with E-state index in [-0.39, 0.29) is 11.6 Å². The monoisotopic (exact) mass is 337 g/mol. The molecule has 20 heavy (non-hydrogen) atoms. The number of nitrogens with one attached hydrogen (secondary N) is 2. The highest BCUT2D eigenvalue weighted by Crippen LogP contribution is 2.12. The van der Waals surface area contributed by atoms with Crippen LogP contribution in [-0.4, -0.2) is 9.55 Å². The zero-order valence-electron chi connectivity index (χ0n) is 11.3. The third kappa shape index (κ3) is 3.39. The Morgan fingerprint density at radius 1 is 1.30 bits per heavy atom. The molecule has 1 aromatic heterocycles. The number of anilines is 1. The fraction of sp³-hybridized carbons (Fsp3) is 0.286. The van der Waals surface area contributed by atoms with Gasteiger partial charge < -0.3 is 5.32 Å². The maximum absolute atomic E-state index is 11.9. The van der Waals surface area contributed by atoms with Crippen LogP contribution >= 0.6 is 15.9 Å². The van der Waals surface area contributed by atoms with E-state index < -0.39 is 5.69 Å². The third-order valence-corrected chi connectivity index (χ3v) is 3.35. The highest BCUT2D eigenvalue weighted by atomic mass is 79.9. The Morgan fingerprint density at radius 2 is 2.05 bits per heavy atom. The predicted molar refractivity (Wildman–Crippen MR) is 83.2 cm³/mol. The minimum Gasteiger partial charge on any atom is -0.367 e. The van der Waals surface area contributed by atoms with Gasteiger partial charge in [0.25, 0.3) is 5.56 Å². The molecular formula is C14H16BrN3O2. The first-order valence-corrected chi connectivity index (χ1v) is 7.11. The second-order valence-electron chi connectivity index (χ2n) is 4.77. The van der Waals surface area contributed by atoms with E-state index in [1.807, 2.05) is 24.3 Å². The number of benzene rings is 1. The van der Waals surface area contributed by atoms with Crippen LogP contribution in [0.25, 0.3) is 0 Å². The lowest BCUT2D eigenvalue weighted by molar-refractivity contribution is 0.546. The molecule has 0 aliphatic rings. The van der Waals surface area contributed by atoms with Crippen molar-refractivity contribution in [1.82, 2.24) is 9.55 Å². The van der Waals surface area contributed by atoms with Crippen LogP contribution in [0.5, 0.6) is 0 Å². The number of rotatable bonds is 4. The summed E-state index contributed by atoms with van der Waals surface area (Å²) in [6.45, 7) is 4.12. The van der Waals surface area contributed by atoms with Gasteiger partial charge in [-0.3, -0.25) is 14.3 Å². The van der Waals surface area contributed by atoms with Gasteiger partial charge in [0.15, 0.2) is 0 Å². The van der Waals surface area contributed by atoms with Gasteiger partial charge in [-0.2, -0.15) is 0 Å². The highest BCUT2D eigenvalue weighted by Gasteiger charge is 2.07. The molecule has 1 aromatic carbocycles. The Morgan fingerprint density at radius 3 is 2.65 bits per heavy atom. The maximum Gasteiger partial charge on any atom is 0.330 e. The van der Waals surface area contributed by atoms with Crippen LogP contribution < -0.4 is 16.6 Å². The summed E-state index contributed by atoms with van der Waals surface area (Å²) in [5.74, 6) is 0.428. The lowest BCUT2D eigenvalue weighted by atomic mass is 10.2. The normalized spacial score (nSPS) is 10.8. The third-order valence-electron chi connectivity index (χ3n) is 2.85. The largest absolute Gasteiger partial charge is 0.367 e. The molecule has 0 radical (unpaired) electrons. The Bertz CT molecular complexity index is 688. The van der Waals surface area contributed by atoms with E-state index in [1.54, 1.807) is 13.8 Å². The Balaban J connectivity index is 2.19. The van der Waals surface area contributed by atoms with E-state index in [1.165, 1.54) is 10.6 Å². The van der Waals surface area contributed by atoms with Gasteiger partial charge in [0.2, 0.25) is 0 Å². The summed E-state index contributed by atoms with van der Waals surface area (Å²) in [6.07, 6.45) is 0. The predicted octanol–water partition coefficient (Wildman–Crippen LogP) is 2.49. The molecule has 0 aliphatic carbocycles.